The molecule has 0 radical (unpaired) electrons. The Morgan fingerprint density at radius 3 is 1.87 bits per heavy atom. The molecule has 0 aromatic heterocycles. The smallest absolute Gasteiger partial charge is 0.269 e. The second-order valence-corrected chi connectivity index (χ2v) is 18.8. The molecule has 316 valence electrons. The Labute approximate surface area is 329 Å². The van der Waals surface area contributed by atoms with Crippen molar-refractivity contribution in [2.24, 2.45) is 59.9 Å². The van der Waals surface area contributed by atoms with E-state index in [0.29, 0.717) is 44.9 Å². The highest BCUT2D eigenvalue weighted by molar-refractivity contribution is 7.95. The quantitative estimate of drug-likeness (QED) is 0.0386. The zero-order chi connectivity index (χ0) is 39.7. The second-order valence-electron chi connectivity index (χ2n) is 15.3. The number of ether oxygens (including phenoxy) is 2. The van der Waals surface area contributed by atoms with Crippen LogP contribution in [0, 0.1) is 17.8 Å². The lowest BCUT2D eigenvalue weighted by molar-refractivity contribution is -0.432. The summed E-state index contributed by atoms with van der Waals surface area (Å²) in [5.74, 6) is -0.129. The van der Waals surface area contributed by atoms with Gasteiger partial charge in [0, 0.05) is 75.1 Å². The molecule has 9 N–H and O–H groups in total. The fourth-order valence-electron chi connectivity index (χ4n) is 9.00. The number of methoxy groups -OCH3 is 2. The summed E-state index contributed by atoms with van der Waals surface area (Å²) in [6.45, 7) is -0.0138. The molecule has 0 aliphatic heterocycles. The summed E-state index contributed by atoms with van der Waals surface area (Å²) in [4.78, 5) is 0. The van der Waals surface area contributed by atoms with Gasteiger partial charge >= 0.3 is 0 Å². The highest BCUT2D eigenvalue weighted by atomic mass is 32.2. The highest BCUT2D eigenvalue weighted by Crippen LogP contribution is 2.46. The van der Waals surface area contributed by atoms with Crippen molar-refractivity contribution in [3.05, 3.63) is 0 Å². The van der Waals surface area contributed by atoms with Crippen LogP contribution in [0.4, 0.5) is 0 Å². The molecule has 17 atom stereocenters. The minimum atomic E-state index is -4.37. The molecule has 21 nitrogen and oxygen atoms in total. The molecule has 55 heavy (non-hydrogen) atoms. The topological polar surface area (TPSA) is 317 Å². The third kappa shape index (κ3) is 11.8. The van der Waals surface area contributed by atoms with Crippen LogP contribution in [-0.4, -0.2) is 137 Å². The normalized spacial score (nSPS) is 43.3. The Morgan fingerprint density at radius 2 is 1.27 bits per heavy atom. The van der Waals surface area contributed by atoms with Gasteiger partial charge in [-0.05, 0) is 75.5 Å². The first kappa shape index (κ1) is 45.0. The highest BCUT2D eigenvalue weighted by Gasteiger charge is 2.49. The number of azo groups is 3. The summed E-state index contributed by atoms with van der Waals surface area (Å²) in [5.41, 5.74) is 12.2. The van der Waals surface area contributed by atoms with Gasteiger partial charge in [0.15, 0.2) is 0 Å². The molecule has 5 aliphatic carbocycles. The second kappa shape index (κ2) is 21.3. The van der Waals surface area contributed by atoms with Crippen LogP contribution in [0.15, 0.2) is 30.7 Å². The van der Waals surface area contributed by atoms with Crippen LogP contribution in [-0.2, 0) is 38.3 Å². The van der Waals surface area contributed by atoms with Gasteiger partial charge in [-0.1, -0.05) is 10.1 Å². The molecule has 17 unspecified atom stereocenters. The lowest BCUT2D eigenvalue weighted by Crippen LogP contribution is -2.54. The zero-order valence-corrected chi connectivity index (χ0v) is 33.3. The molecule has 0 aromatic rings. The predicted octanol–water partition coefficient (Wildman–Crippen LogP) is 2.93. The van der Waals surface area contributed by atoms with E-state index in [4.69, 9.17) is 40.9 Å². The Morgan fingerprint density at radius 1 is 0.691 bits per heavy atom. The van der Waals surface area contributed by atoms with Crippen molar-refractivity contribution in [2.45, 2.75) is 153 Å². The van der Waals surface area contributed by atoms with Crippen molar-refractivity contribution < 1.29 is 61.9 Å². The van der Waals surface area contributed by atoms with E-state index < -0.39 is 56.9 Å². The van der Waals surface area contributed by atoms with E-state index in [0.717, 1.165) is 36.9 Å². The summed E-state index contributed by atoms with van der Waals surface area (Å²) in [5, 5.41) is 72.7. The first-order valence-corrected chi connectivity index (χ1v) is 21.8. The molecule has 5 rings (SSSR count). The third-order valence-corrected chi connectivity index (χ3v) is 15.3. The number of nitrogens with two attached hydrogens (primary N) is 2. The maximum absolute atomic E-state index is 11.9. The molecule has 0 amide bonds. The number of hydrogen-bond donors (Lipinski definition) is 7. The maximum Gasteiger partial charge on any atom is 0.269 e. The lowest BCUT2D eigenvalue weighted by Gasteiger charge is -2.46. The number of rotatable bonds is 16. The van der Waals surface area contributed by atoms with Crippen molar-refractivity contribution in [3.8, 4) is 0 Å². The molecule has 0 heterocycles. The van der Waals surface area contributed by atoms with E-state index in [1.165, 1.54) is 0 Å². The number of fused-ring (bicyclic) bond motifs is 1. The SMILES string of the molecule is COC1CC(N=NC2C(SOOO)CC3CCC(N=NC4CC(S(=O)(=O)O)C(N)CC4N)CC3C2O)C(OC)CC1N=NC1CCC(CO)C(SOOO)C1. The molecule has 0 bridgehead atoms. The van der Waals surface area contributed by atoms with Gasteiger partial charge < -0.3 is 31.2 Å². The van der Waals surface area contributed by atoms with Gasteiger partial charge in [-0.3, -0.25) is 4.55 Å². The molecule has 24 heteroatoms. The van der Waals surface area contributed by atoms with E-state index in [1.807, 2.05) is 0 Å². The Hall–Kier alpha value is -1.07. The summed E-state index contributed by atoms with van der Waals surface area (Å²) >= 11 is 1.83. The fraction of sp³-hybridized carbons (Fsp3) is 1.00. The molecule has 5 fully saturated rings. The van der Waals surface area contributed by atoms with Gasteiger partial charge in [0.1, 0.15) is 11.3 Å². The van der Waals surface area contributed by atoms with Crippen LogP contribution in [0.2, 0.25) is 0 Å². The monoisotopic (exact) mass is 844 g/mol. The summed E-state index contributed by atoms with van der Waals surface area (Å²) < 4.78 is 54.6. The van der Waals surface area contributed by atoms with Crippen LogP contribution < -0.4 is 11.5 Å². The van der Waals surface area contributed by atoms with Crippen LogP contribution in [0.5, 0.6) is 0 Å². The van der Waals surface area contributed by atoms with Gasteiger partial charge in [-0.15, -0.1) is 8.67 Å². The Bertz CT molecular complexity index is 1390. The van der Waals surface area contributed by atoms with Crippen LogP contribution in [0.3, 0.4) is 0 Å². The van der Waals surface area contributed by atoms with Gasteiger partial charge in [0.05, 0.1) is 53.8 Å². The van der Waals surface area contributed by atoms with Crippen LogP contribution in [0.1, 0.15) is 70.6 Å². The number of hydrogen-bond acceptors (Lipinski definition) is 22. The third-order valence-electron chi connectivity index (χ3n) is 12.1. The number of nitrogens with zero attached hydrogens (tertiary/aromatic N) is 6. The van der Waals surface area contributed by atoms with Gasteiger partial charge in [0.25, 0.3) is 10.1 Å². The lowest BCUT2D eigenvalue weighted by atomic mass is 9.66. The molecule has 5 aliphatic rings. The van der Waals surface area contributed by atoms with Crippen molar-refractivity contribution in [3.63, 3.8) is 0 Å². The van der Waals surface area contributed by atoms with Crippen molar-refractivity contribution in [1.82, 2.24) is 0 Å². The Kier molecular flexibility index (Phi) is 17.4. The van der Waals surface area contributed by atoms with Gasteiger partial charge in [0.2, 0.25) is 0 Å². The summed E-state index contributed by atoms with van der Waals surface area (Å²) in [6.07, 6.45) is 3.94. The Balaban J connectivity index is 1.23. The standard InChI is InChI=1S/C31H56N8O13S3/c1-47-25-12-24(26(48-2)11-23(25)37-35-18-6-4-16(14-40)27(9-18)53-51-49-42)38-39-30-28(54-52-50-43)7-15-3-5-17(8-19(15)31(30)41)34-36-22-13-29(55(44,45)46)21(33)10-20(22)32/h15-31,40-43H,3-14,32-33H2,1-2H3,(H,44,45,46). The molecule has 0 aromatic carbocycles. The van der Waals surface area contributed by atoms with Crippen LogP contribution >= 0.6 is 24.1 Å². The molecule has 0 spiro atoms. The van der Waals surface area contributed by atoms with Crippen molar-refractivity contribution in [2.75, 3.05) is 20.8 Å². The molecular formula is C31H56N8O13S3. The van der Waals surface area contributed by atoms with Gasteiger partial charge in [-0.25, -0.2) is 10.5 Å². The fourth-order valence-corrected chi connectivity index (χ4v) is 11.6. The maximum atomic E-state index is 11.9. The van der Waals surface area contributed by atoms with Gasteiger partial charge in [-0.2, -0.15) is 39.1 Å². The van der Waals surface area contributed by atoms with Crippen molar-refractivity contribution >= 4 is 34.2 Å². The zero-order valence-electron chi connectivity index (χ0n) is 30.9. The molecule has 5 saturated carbocycles. The number of aliphatic hydroxyl groups is 2. The number of aliphatic hydroxyl groups excluding tert-OH is 2. The first-order valence-electron chi connectivity index (χ1n) is 18.7. The van der Waals surface area contributed by atoms with E-state index in [1.54, 1.807) is 14.2 Å². The summed E-state index contributed by atoms with van der Waals surface area (Å²) in [7, 11) is -1.18. The largest absolute Gasteiger partial charge is 0.396 e. The van der Waals surface area contributed by atoms with E-state index in [2.05, 4.69) is 40.0 Å². The molecule has 0 saturated heterocycles. The summed E-state index contributed by atoms with van der Waals surface area (Å²) in [6, 6.07) is -3.74. The minimum Gasteiger partial charge on any atom is -0.396 e. The molecular weight excluding hydrogens is 789 g/mol. The minimum absolute atomic E-state index is 0.0138. The van der Waals surface area contributed by atoms with E-state index in [-0.39, 0.29) is 72.8 Å². The average molecular weight is 845 g/mol. The van der Waals surface area contributed by atoms with E-state index in [9.17, 15) is 23.2 Å². The first-order chi connectivity index (χ1) is 26.4. The average Bonchev–Trinajstić information content (AvgIpc) is 3.17. The van der Waals surface area contributed by atoms with Crippen molar-refractivity contribution in [1.29, 1.82) is 0 Å². The van der Waals surface area contributed by atoms with E-state index >= 15 is 0 Å². The van der Waals surface area contributed by atoms with Crippen LogP contribution in [0.25, 0.3) is 0 Å². The predicted molar refractivity (Wildman–Crippen MR) is 197 cm³/mol.